The Balaban J connectivity index is 1.86. The van der Waals surface area contributed by atoms with Crippen molar-refractivity contribution in [2.24, 2.45) is 0 Å². The number of aliphatic hydroxyl groups excluding tert-OH is 1. The molecule has 1 saturated heterocycles. The summed E-state index contributed by atoms with van der Waals surface area (Å²) in [7, 11) is 4.74. The summed E-state index contributed by atoms with van der Waals surface area (Å²) in [4.78, 5) is 0. The van der Waals surface area contributed by atoms with Gasteiger partial charge in [-0.15, -0.1) is 11.8 Å². The Bertz CT molecular complexity index is 421. The lowest BCUT2D eigenvalue weighted by Crippen LogP contribution is -2.39. The van der Waals surface area contributed by atoms with Crippen LogP contribution in [0.1, 0.15) is 5.56 Å². The number of methoxy groups -OCH3 is 3. The van der Waals surface area contributed by atoms with Crippen molar-refractivity contribution in [2.45, 2.75) is 29.5 Å². The maximum Gasteiger partial charge on any atom is 0.185 e. The highest BCUT2D eigenvalue weighted by atomic mass is 32.2. The normalized spacial score (nSPS) is 25.5. The summed E-state index contributed by atoms with van der Waals surface area (Å²) < 4.78 is 21.1. The topological polar surface area (TPSA) is 57.2 Å². The Kier molecular flexibility index (Phi) is 6.32. The number of hydrogen-bond donors (Lipinski definition) is 1. The molecule has 1 aliphatic rings. The predicted octanol–water partition coefficient (Wildman–Crippen LogP) is 1.68. The number of hydrogen-bond acceptors (Lipinski definition) is 6. The first-order valence-electron chi connectivity index (χ1n) is 6.79. The van der Waals surface area contributed by atoms with E-state index in [9.17, 15) is 5.11 Å². The summed E-state index contributed by atoms with van der Waals surface area (Å²) in [5.74, 6) is 1.66. The van der Waals surface area contributed by atoms with E-state index in [4.69, 9.17) is 18.9 Å². The molecule has 2 rings (SSSR count). The van der Waals surface area contributed by atoms with Crippen LogP contribution in [0, 0.1) is 0 Å². The van der Waals surface area contributed by atoms with Crippen molar-refractivity contribution in [2.75, 3.05) is 27.9 Å². The van der Waals surface area contributed by atoms with Gasteiger partial charge in [0.15, 0.2) is 6.29 Å². The van der Waals surface area contributed by atoms with Crippen LogP contribution in [-0.2, 0) is 20.0 Å². The summed E-state index contributed by atoms with van der Waals surface area (Å²) >= 11 is 1.67. The van der Waals surface area contributed by atoms with Crippen LogP contribution >= 0.6 is 11.8 Å². The molecule has 0 aliphatic carbocycles. The molecule has 6 heteroatoms. The molecule has 118 valence electrons. The molecule has 0 radical (unpaired) electrons. The van der Waals surface area contributed by atoms with Gasteiger partial charge in [-0.1, -0.05) is 12.1 Å². The molecule has 21 heavy (non-hydrogen) atoms. The smallest absolute Gasteiger partial charge is 0.185 e. The van der Waals surface area contributed by atoms with Crippen molar-refractivity contribution in [3.63, 3.8) is 0 Å². The van der Waals surface area contributed by atoms with Crippen LogP contribution in [0.25, 0.3) is 0 Å². The minimum Gasteiger partial charge on any atom is -0.497 e. The van der Waals surface area contributed by atoms with Gasteiger partial charge in [0, 0.05) is 20.0 Å². The maximum absolute atomic E-state index is 10.3. The number of thioether (sulfide) groups is 1. The van der Waals surface area contributed by atoms with E-state index in [0.29, 0.717) is 6.61 Å². The third-order valence-electron chi connectivity index (χ3n) is 3.53. The van der Waals surface area contributed by atoms with Crippen LogP contribution in [0.4, 0.5) is 0 Å². The zero-order valence-corrected chi connectivity index (χ0v) is 13.3. The molecule has 1 N–H and O–H groups in total. The highest BCUT2D eigenvalue weighted by Gasteiger charge is 2.41. The Hall–Kier alpha value is -0.790. The van der Waals surface area contributed by atoms with Crippen molar-refractivity contribution in [3.8, 4) is 5.75 Å². The van der Waals surface area contributed by atoms with Crippen LogP contribution in [0.3, 0.4) is 0 Å². The largest absolute Gasteiger partial charge is 0.497 e. The second-order valence-electron chi connectivity index (χ2n) is 4.83. The predicted molar refractivity (Wildman–Crippen MR) is 81.6 cm³/mol. The van der Waals surface area contributed by atoms with Gasteiger partial charge in [0.05, 0.1) is 25.1 Å². The monoisotopic (exact) mass is 314 g/mol. The summed E-state index contributed by atoms with van der Waals surface area (Å²) in [5.41, 5.74) is 1.19. The molecule has 0 saturated carbocycles. The molecule has 5 nitrogen and oxygen atoms in total. The van der Waals surface area contributed by atoms with E-state index >= 15 is 0 Å². The van der Waals surface area contributed by atoms with Gasteiger partial charge >= 0.3 is 0 Å². The fourth-order valence-electron chi connectivity index (χ4n) is 2.29. The van der Waals surface area contributed by atoms with Crippen LogP contribution in [0.15, 0.2) is 24.3 Å². The van der Waals surface area contributed by atoms with Crippen molar-refractivity contribution >= 4 is 11.8 Å². The molecule has 1 aromatic carbocycles. The number of aliphatic hydroxyl groups is 1. The Morgan fingerprint density at radius 2 is 1.90 bits per heavy atom. The molecule has 0 amide bonds. The van der Waals surface area contributed by atoms with Gasteiger partial charge in [0.1, 0.15) is 11.9 Å². The van der Waals surface area contributed by atoms with Crippen LogP contribution in [-0.4, -0.2) is 56.8 Å². The lowest BCUT2D eigenvalue weighted by atomic mass is 10.2. The highest BCUT2D eigenvalue weighted by molar-refractivity contribution is 7.99. The van der Waals surface area contributed by atoms with E-state index in [0.717, 1.165) is 11.5 Å². The number of ether oxygens (including phenoxy) is 4. The maximum atomic E-state index is 10.3. The third kappa shape index (κ3) is 4.11. The second-order valence-corrected chi connectivity index (χ2v) is 6.05. The third-order valence-corrected chi connectivity index (χ3v) is 4.87. The molecule has 1 aliphatic heterocycles. The highest BCUT2D eigenvalue weighted by Crippen LogP contribution is 2.30. The molecule has 3 atom stereocenters. The fourth-order valence-corrected chi connectivity index (χ4v) is 3.42. The van der Waals surface area contributed by atoms with Crippen LogP contribution < -0.4 is 4.74 Å². The molecule has 1 fully saturated rings. The van der Waals surface area contributed by atoms with Crippen LogP contribution in [0.2, 0.25) is 0 Å². The Morgan fingerprint density at radius 1 is 1.24 bits per heavy atom. The Morgan fingerprint density at radius 3 is 2.48 bits per heavy atom. The fraction of sp³-hybridized carbons (Fsp3) is 0.600. The average Bonchev–Trinajstić information content (AvgIpc) is 2.88. The molecule has 0 aromatic heterocycles. The standard InChI is InChI=1S/C15H22O5S/c1-17-11-6-4-10(5-7-11)9-21-12-8-20-14(13(12)16)15(18-2)19-3/h4-7,12-16H,8-9H2,1-3H3/t12-,13+,14+/m0/s1. The lowest BCUT2D eigenvalue weighted by molar-refractivity contribution is -0.184. The van der Waals surface area contributed by atoms with Crippen molar-refractivity contribution < 1.29 is 24.1 Å². The van der Waals surface area contributed by atoms with Gasteiger partial charge in [-0.3, -0.25) is 0 Å². The molecule has 0 spiro atoms. The average molecular weight is 314 g/mol. The van der Waals surface area contributed by atoms with Gasteiger partial charge in [0.2, 0.25) is 0 Å². The molecule has 0 bridgehead atoms. The van der Waals surface area contributed by atoms with E-state index in [1.165, 1.54) is 5.56 Å². The quantitative estimate of drug-likeness (QED) is 0.773. The number of rotatable bonds is 7. The van der Waals surface area contributed by atoms with Gasteiger partial charge in [-0.2, -0.15) is 0 Å². The van der Waals surface area contributed by atoms with E-state index in [-0.39, 0.29) is 5.25 Å². The van der Waals surface area contributed by atoms with E-state index in [1.54, 1.807) is 33.1 Å². The van der Waals surface area contributed by atoms with Gasteiger partial charge < -0.3 is 24.1 Å². The summed E-state index contributed by atoms with van der Waals surface area (Å²) in [6.07, 6.45) is -1.57. The zero-order chi connectivity index (χ0) is 15.2. The minimum absolute atomic E-state index is 0.0184. The summed E-state index contributed by atoms with van der Waals surface area (Å²) in [6, 6.07) is 7.93. The summed E-state index contributed by atoms with van der Waals surface area (Å²) in [5, 5.41) is 10.3. The lowest BCUT2D eigenvalue weighted by Gasteiger charge is -2.23. The molecule has 0 unspecified atom stereocenters. The van der Waals surface area contributed by atoms with Gasteiger partial charge in [0.25, 0.3) is 0 Å². The van der Waals surface area contributed by atoms with Crippen molar-refractivity contribution in [1.29, 1.82) is 0 Å². The van der Waals surface area contributed by atoms with Crippen LogP contribution in [0.5, 0.6) is 5.75 Å². The molecule has 1 aromatic rings. The zero-order valence-electron chi connectivity index (χ0n) is 12.5. The first-order chi connectivity index (χ1) is 10.2. The molecular formula is C15H22O5S. The first kappa shape index (κ1) is 16.6. The van der Waals surface area contributed by atoms with E-state index in [1.807, 2.05) is 24.3 Å². The van der Waals surface area contributed by atoms with Crippen molar-refractivity contribution in [1.82, 2.24) is 0 Å². The SMILES string of the molecule is COc1ccc(CS[C@H]2CO[C@@H](C(OC)OC)[C@@H]2O)cc1. The van der Waals surface area contributed by atoms with Gasteiger partial charge in [-0.05, 0) is 17.7 Å². The van der Waals surface area contributed by atoms with E-state index < -0.39 is 18.5 Å². The first-order valence-corrected chi connectivity index (χ1v) is 7.84. The summed E-state index contributed by atoms with van der Waals surface area (Å²) in [6.45, 7) is 0.496. The second kappa shape index (κ2) is 8.00. The Labute approximate surface area is 129 Å². The van der Waals surface area contributed by atoms with E-state index in [2.05, 4.69) is 0 Å². The number of benzene rings is 1. The van der Waals surface area contributed by atoms with Gasteiger partial charge in [-0.25, -0.2) is 0 Å². The molecule has 1 heterocycles. The minimum atomic E-state index is -0.599. The molecular weight excluding hydrogens is 292 g/mol. The van der Waals surface area contributed by atoms with Crippen molar-refractivity contribution in [3.05, 3.63) is 29.8 Å².